The molecule has 0 saturated carbocycles. The smallest absolute Gasteiger partial charge is 0.462 e. The first-order valence-corrected chi connectivity index (χ1v) is 22.9. The van der Waals surface area contributed by atoms with Crippen LogP contribution < -0.4 is 0 Å². The van der Waals surface area contributed by atoms with Crippen LogP contribution in [-0.2, 0) is 32.7 Å². The van der Waals surface area contributed by atoms with Crippen LogP contribution in [0.4, 0.5) is 0 Å². The molecule has 0 aromatic carbocycles. The first-order chi connectivity index (χ1) is 26.0. The molecular weight excluding hydrogens is 701 g/mol. The fourth-order valence-corrected chi connectivity index (χ4v) is 6.19. The highest BCUT2D eigenvalue weighted by atomic mass is 31.2. The van der Waals surface area contributed by atoms with E-state index in [1.807, 2.05) is 27.2 Å². The van der Waals surface area contributed by atoms with Gasteiger partial charge in [0.2, 0.25) is 0 Å². The number of esters is 2. The second-order valence-corrected chi connectivity index (χ2v) is 16.8. The minimum absolute atomic E-state index is 0.0186. The number of quaternary nitrogens is 1. The first-order valence-electron chi connectivity index (χ1n) is 21.4. The number of carbonyl (C=O) groups excluding carboxylic acids is 2. The first kappa shape index (κ1) is 52.0. The van der Waals surface area contributed by atoms with Gasteiger partial charge in [0.05, 0.1) is 27.7 Å². The van der Waals surface area contributed by atoms with Crippen LogP contribution in [0.15, 0.2) is 48.6 Å². The summed E-state index contributed by atoms with van der Waals surface area (Å²) in [6.07, 6.45) is 41.7. The van der Waals surface area contributed by atoms with Gasteiger partial charge in [-0.15, -0.1) is 0 Å². The Morgan fingerprint density at radius 2 is 1.04 bits per heavy atom. The molecule has 54 heavy (non-hydrogen) atoms. The largest absolute Gasteiger partial charge is 0.472 e. The van der Waals surface area contributed by atoms with Crippen molar-refractivity contribution in [3.8, 4) is 0 Å². The number of ether oxygens (including phenoxy) is 2. The zero-order valence-corrected chi connectivity index (χ0v) is 36.1. The summed E-state index contributed by atoms with van der Waals surface area (Å²) in [5.74, 6) is -0.902. The summed E-state index contributed by atoms with van der Waals surface area (Å²) >= 11 is 0. The lowest BCUT2D eigenvalue weighted by Gasteiger charge is -2.24. The van der Waals surface area contributed by atoms with Crippen LogP contribution in [0.2, 0.25) is 0 Å². The molecule has 9 nitrogen and oxygen atoms in total. The molecule has 0 radical (unpaired) electrons. The summed E-state index contributed by atoms with van der Waals surface area (Å²) in [6, 6.07) is 0. The Balaban J connectivity index is 4.49. The number of phosphoric ester groups is 1. The molecule has 0 amide bonds. The van der Waals surface area contributed by atoms with Crippen molar-refractivity contribution in [1.82, 2.24) is 0 Å². The Morgan fingerprint density at radius 1 is 0.574 bits per heavy atom. The highest BCUT2D eigenvalue weighted by Crippen LogP contribution is 2.43. The molecule has 0 aliphatic carbocycles. The lowest BCUT2D eigenvalue weighted by Crippen LogP contribution is -2.37. The van der Waals surface area contributed by atoms with Gasteiger partial charge in [0.15, 0.2) is 6.10 Å². The summed E-state index contributed by atoms with van der Waals surface area (Å²) in [6.45, 7) is 4.30. The van der Waals surface area contributed by atoms with Gasteiger partial charge in [-0.2, -0.15) is 0 Å². The van der Waals surface area contributed by atoms with Crippen LogP contribution in [0, 0.1) is 0 Å². The number of phosphoric acid groups is 1. The lowest BCUT2D eigenvalue weighted by atomic mass is 10.1. The van der Waals surface area contributed by atoms with E-state index in [2.05, 4.69) is 56.4 Å². The highest BCUT2D eigenvalue weighted by Gasteiger charge is 2.27. The van der Waals surface area contributed by atoms with E-state index in [9.17, 15) is 19.0 Å². The number of unbranched alkanes of at least 4 members (excludes halogenated alkanes) is 16. The Hall–Kier alpha value is -2.03. The zero-order valence-electron chi connectivity index (χ0n) is 35.2. The van der Waals surface area contributed by atoms with Gasteiger partial charge in [0.1, 0.15) is 19.8 Å². The molecule has 0 aromatic heterocycles. The maximum absolute atomic E-state index is 12.6. The van der Waals surface area contributed by atoms with E-state index in [1.165, 1.54) is 83.5 Å². The summed E-state index contributed by atoms with van der Waals surface area (Å²) in [5, 5.41) is 0. The van der Waals surface area contributed by atoms with Gasteiger partial charge in [-0.25, -0.2) is 4.57 Å². The highest BCUT2D eigenvalue weighted by molar-refractivity contribution is 7.47. The van der Waals surface area contributed by atoms with Crippen molar-refractivity contribution in [2.45, 2.75) is 174 Å². The quantitative estimate of drug-likeness (QED) is 0.0217. The molecule has 0 aliphatic heterocycles. The van der Waals surface area contributed by atoms with E-state index in [0.29, 0.717) is 23.9 Å². The third kappa shape index (κ3) is 39.7. The third-order valence-electron chi connectivity index (χ3n) is 8.84. The molecule has 1 N–H and O–H groups in total. The molecule has 0 aliphatic rings. The minimum atomic E-state index is -4.39. The summed E-state index contributed by atoms with van der Waals surface area (Å²) in [7, 11) is 1.43. The second kappa shape index (κ2) is 36.6. The molecule has 0 aromatic rings. The second-order valence-electron chi connectivity index (χ2n) is 15.4. The van der Waals surface area contributed by atoms with Gasteiger partial charge < -0.3 is 18.9 Å². The maximum atomic E-state index is 12.6. The van der Waals surface area contributed by atoms with E-state index in [1.54, 1.807) is 0 Å². The van der Waals surface area contributed by atoms with Crippen molar-refractivity contribution in [2.24, 2.45) is 0 Å². The van der Waals surface area contributed by atoms with Gasteiger partial charge in [-0.3, -0.25) is 18.6 Å². The Bertz CT molecular complexity index is 1070. The molecule has 0 rings (SSSR count). The fourth-order valence-electron chi connectivity index (χ4n) is 5.45. The number of allylic oxidation sites excluding steroid dienone is 8. The van der Waals surface area contributed by atoms with Crippen molar-refractivity contribution >= 4 is 19.8 Å². The number of hydrogen-bond donors (Lipinski definition) is 1. The zero-order chi connectivity index (χ0) is 40.0. The van der Waals surface area contributed by atoms with Crippen LogP contribution in [0.5, 0.6) is 0 Å². The van der Waals surface area contributed by atoms with Gasteiger partial charge >= 0.3 is 19.8 Å². The Labute approximate surface area is 331 Å². The van der Waals surface area contributed by atoms with Gasteiger partial charge in [-0.1, -0.05) is 140 Å². The van der Waals surface area contributed by atoms with Crippen LogP contribution in [-0.4, -0.2) is 74.9 Å². The topological polar surface area (TPSA) is 108 Å². The molecule has 0 fully saturated rings. The van der Waals surface area contributed by atoms with E-state index < -0.39 is 32.5 Å². The molecule has 0 spiro atoms. The van der Waals surface area contributed by atoms with Gasteiger partial charge in [-0.05, 0) is 64.2 Å². The van der Waals surface area contributed by atoms with Crippen molar-refractivity contribution in [3.05, 3.63) is 48.6 Å². The Morgan fingerprint density at radius 3 is 1.61 bits per heavy atom. The standard InChI is InChI=1S/C44H80NO8P/c1-6-8-10-12-14-16-18-20-22-24-26-28-30-32-34-36-43(46)50-40-42(41-52-54(48,49)51-39-38-45(3,4)5)53-44(47)37-35-33-31-29-27-25-23-21-19-17-15-13-11-9-7-2/h15,17,21,23,27,29-30,32,42H,6-14,16,18-20,22,24-26,28,31,33-41H2,1-5H3/p+1/b17-15+,23-21+,29-27+,32-30+/t42-/m1/s1. The summed E-state index contributed by atoms with van der Waals surface area (Å²) < 4.78 is 34.2. The van der Waals surface area contributed by atoms with Crippen molar-refractivity contribution in [2.75, 3.05) is 47.5 Å². The lowest BCUT2D eigenvalue weighted by molar-refractivity contribution is -0.870. The van der Waals surface area contributed by atoms with Gasteiger partial charge in [0, 0.05) is 12.8 Å². The van der Waals surface area contributed by atoms with Crippen molar-refractivity contribution in [3.63, 3.8) is 0 Å². The minimum Gasteiger partial charge on any atom is -0.462 e. The summed E-state index contributed by atoms with van der Waals surface area (Å²) in [4.78, 5) is 35.3. The van der Waals surface area contributed by atoms with E-state index in [0.717, 1.165) is 44.9 Å². The number of hydrogen-bond acceptors (Lipinski definition) is 7. The van der Waals surface area contributed by atoms with Crippen LogP contribution in [0.3, 0.4) is 0 Å². The average Bonchev–Trinajstić information content (AvgIpc) is 3.12. The molecule has 314 valence electrons. The van der Waals surface area contributed by atoms with E-state index in [-0.39, 0.29) is 26.1 Å². The number of rotatable bonds is 38. The molecule has 1 unspecified atom stereocenters. The third-order valence-corrected chi connectivity index (χ3v) is 9.83. The molecule has 2 atom stereocenters. The maximum Gasteiger partial charge on any atom is 0.472 e. The SMILES string of the molecule is CCCCC/C=C/C/C=C/C/C=C/CCCCC(=O)O[C@H](COC(=O)CC/C=C/CCCCCCCCCCCCC)COP(=O)(O)OCC[N+](C)(C)C. The molecular formula is C44H81NO8P+. The van der Waals surface area contributed by atoms with Gasteiger partial charge in [0.25, 0.3) is 0 Å². The van der Waals surface area contributed by atoms with Crippen LogP contribution in [0.1, 0.15) is 168 Å². The normalized spacial score (nSPS) is 14.1. The van der Waals surface area contributed by atoms with Crippen molar-refractivity contribution in [1.29, 1.82) is 0 Å². The van der Waals surface area contributed by atoms with Crippen LogP contribution in [0.25, 0.3) is 0 Å². The van der Waals surface area contributed by atoms with E-state index >= 15 is 0 Å². The fraction of sp³-hybridized carbons (Fsp3) is 0.773. The molecule has 10 heteroatoms. The average molecular weight is 783 g/mol. The van der Waals surface area contributed by atoms with Crippen LogP contribution >= 0.6 is 7.82 Å². The summed E-state index contributed by atoms with van der Waals surface area (Å²) in [5.41, 5.74) is 0. The van der Waals surface area contributed by atoms with Crippen molar-refractivity contribution < 1.29 is 42.1 Å². The number of likely N-dealkylation sites (N-methyl/N-ethyl adjacent to an activating group) is 1. The number of nitrogens with zero attached hydrogens (tertiary/aromatic N) is 1. The predicted molar refractivity (Wildman–Crippen MR) is 224 cm³/mol. The molecule has 0 heterocycles. The Kier molecular flexibility index (Phi) is 35.2. The van der Waals surface area contributed by atoms with E-state index in [4.69, 9.17) is 18.5 Å². The predicted octanol–water partition coefficient (Wildman–Crippen LogP) is 11.9. The number of carbonyl (C=O) groups is 2. The molecule has 0 saturated heterocycles. The molecule has 0 bridgehead atoms. The monoisotopic (exact) mass is 783 g/mol.